The van der Waals surface area contributed by atoms with Gasteiger partial charge in [-0.25, -0.2) is 0 Å². The van der Waals surface area contributed by atoms with E-state index in [4.69, 9.17) is 9.15 Å². The van der Waals surface area contributed by atoms with E-state index in [-0.39, 0.29) is 5.88 Å². The topological polar surface area (TPSA) is 96.2 Å². The van der Waals surface area contributed by atoms with Crippen molar-refractivity contribution in [1.82, 2.24) is 14.8 Å². The van der Waals surface area contributed by atoms with Crippen LogP contribution in [0.3, 0.4) is 0 Å². The number of nitro groups is 1. The van der Waals surface area contributed by atoms with E-state index >= 15 is 0 Å². The molecule has 0 radical (unpaired) electrons. The van der Waals surface area contributed by atoms with Gasteiger partial charge in [-0.1, -0.05) is 31.0 Å². The molecular formula is C21H22N4O4S. The minimum atomic E-state index is -0.550. The fraction of sp³-hybridized carbons (Fsp3) is 0.333. The number of ether oxygens (including phenoxy) is 1. The monoisotopic (exact) mass is 426 g/mol. The normalized spacial score (nSPS) is 15.0. The Kier molecular flexibility index (Phi) is 6.18. The summed E-state index contributed by atoms with van der Waals surface area (Å²) < 4.78 is 12.7. The van der Waals surface area contributed by atoms with Gasteiger partial charge in [-0.3, -0.25) is 14.7 Å². The molecule has 30 heavy (non-hydrogen) atoms. The van der Waals surface area contributed by atoms with Crippen molar-refractivity contribution in [2.45, 2.75) is 43.3 Å². The maximum absolute atomic E-state index is 10.8. The molecule has 0 amide bonds. The van der Waals surface area contributed by atoms with E-state index in [2.05, 4.69) is 14.8 Å². The number of rotatable bonds is 7. The maximum atomic E-state index is 10.8. The van der Waals surface area contributed by atoms with Gasteiger partial charge in [0.1, 0.15) is 16.4 Å². The summed E-state index contributed by atoms with van der Waals surface area (Å²) in [6.45, 7) is 0. The SMILES string of the molecule is COc1ccc(-c2nnc(S/C=C/c3ccc([N+](=O)[O-])o3)n2C2CCCCC2)cc1. The fourth-order valence-corrected chi connectivity index (χ4v) is 4.42. The number of benzene rings is 1. The largest absolute Gasteiger partial charge is 0.497 e. The molecule has 156 valence electrons. The number of hydrogen-bond donors (Lipinski definition) is 0. The number of hydrogen-bond acceptors (Lipinski definition) is 7. The van der Waals surface area contributed by atoms with E-state index in [9.17, 15) is 10.1 Å². The van der Waals surface area contributed by atoms with Gasteiger partial charge in [-0.05, 0) is 54.7 Å². The summed E-state index contributed by atoms with van der Waals surface area (Å²) in [6.07, 6.45) is 7.55. The highest BCUT2D eigenvalue weighted by Crippen LogP contribution is 2.36. The second-order valence-corrected chi connectivity index (χ2v) is 7.92. The first-order valence-corrected chi connectivity index (χ1v) is 10.7. The number of nitrogens with zero attached hydrogens (tertiary/aromatic N) is 4. The van der Waals surface area contributed by atoms with Gasteiger partial charge in [0.25, 0.3) is 0 Å². The zero-order valence-corrected chi connectivity index (χ0v) is 17.4. The standard InChI is InChI=1S/C21H22N4O4S/c1-28-17-9-7-15(8-10-17)20-22-23-21(24(20)16-5-3-2-4-6-16)30-14-13-18-11-12-19(29-18)25(26)27/h7-14,16H,2-6H2,1H3/b14-13+. The molecule has 0 spiro atoms. The van der Waals surface area contributed by atoms with Crippen LogP contribution in [0.25, 0.3) is 17.5 Å². The molecule has 0 atom stereocenters. The average molecular weight is 426 g/mol. The predicted octanol–water partition coefficient (Wildman–Crippen LogP) is 5.72. The zero-order chi connectivity index (χ0) is 20.9. The Morgan fingerprint density at radius 1 is 1.17 bits per heavy atom. The molecule has 8 nitrogen and oxygen atoms in total. The van der Waals surface area contributed by atoms with Crippen molar-refractivity contribution in [2.75, 3.05) is 7.11 Å². The van der Waals surface area contributed by atoms with E-state index in [1.54, 1.807) is 19.3 Å². The minimum absolute atomic E-state index is 0.271. The third kappa shape index (κ3) is 4.40. The van der Waals surface area contributed by atoms with Crippen molar-refractivity contribution in [1.29, 1.82) is 0 Å². The quantitative estimate of drug-likeness (QED) is 0.271. The van der Waals surface area contributed by atoms with Gasteiger partial charge < -0.3 is 9.15 Å². The van der Waals surface area contributed by atoms with Gasteiger partial charge in [0.15, 0.2) is 11.0 Å². The third-order valence-corrected chi connectivity index (χ3v) is 5.91. The highest BCUT2D eigenvalue weighted by atomic mass is 32.2. The van der Waals surface area contributed by atoms with Gasteiger partial charge in [-0.2, -0.15) is 0 Å². The van der Waals surface area contributed by atoms with Gasteiger partial charge in [0, 0.05) is 11.6 Å². The first kappa shape index (κ1) is 20.2. The van der Waals surface area contributed by atoms with Crippen LogP contribution in [-0.4, -0.2) is 26.8 Å². The summed E-state index contributed by atoms with van der Waals surface area (Å²) in [5.41, 5.74) is 0.992. The predicted molar refractivity (Wildman–Crippen MR) is 114 cm³/mol. The molecule has 0 N–H and O–H groups in total. The molecule has 2 aromatic heterocycles. The molecule has 1 aliphatic rings. The molecule has 0 unspecified atom stereocenters. The van der Waals surface area contributed by atoms with Gasteiger partial charge >= 0.3 is 5.88 Å². The Morgan fingerprint density at radius 2 is 1.93 bits per heavy atom. The van der Waals surface area contributed by atoms with Crippen LogP contribution in [0.4, 0.5) is 5.88 Å². The molecular weight excluding hydrogens is 404 g/mol. The summed E-state index contributed by atoms with van der Waals surface area (Å²) in [7, 11) is 1.65. The first-order chi connectivity index (χ1) is 14.7. The van der Waals surface area contributed by atoms with Crippen LogP contribution in [0.5, 0.6) is 5.75 Å². The number of methoxy groups -OCH3 is 1. The van der Waals surface area contributed by atoms with Gasteiger partial charge in [0.05, 0.1) is 13.2 Å². The summed E-state index contributed by atoms with van der Waals surface area (Å²) in [6, 6.07) is 11.1. The van der Waals surface area contributed by atoms with Crippen LogP contribution in [0.1, 0.15) is 43.9 Å². The van der Waals surface area contributed by atoms with Crippen molar-refractivity contribution in [3.05, 3.63) is 57.7 Å². The Morgan fingerprint density at radius 3 is 2.60 bits per heavy atom. The van der Waals surface area contributed by atoms with Crippen LogP contribution in [0.2, 0.25) is 0 Å². The lowest BCUT2D eigenvalue weighted by molar-refractivity contribution is -0.402. The first-order valence-electron chi connectivity index (χ1n) is 9.82. The lowest BCUT2D eigenvalue weighted by Crippen LogP contribution is -2.15. The van der Waals surface area contributed by atoms with E-state index in [0.29, 0.717) is 11.8 Å². The van der Waals surface area contributed by atoms with Crippen molar-refractivity contribution in [3.8, 4) is 17.1 Å². The molecule has 2 heterocycles. The molecule has 3 aromatic rings. The second kappa shape index (κ2) is 9.17. The maximum Gasteiger partial charge on any atom is 0.433 e. The molecule has 9 heteroatoms. The van der Waals surface area contributed by atoms with E-state index in [1.165, 1.54) is 37.1 Å². The smallest absolute Gasteiger partial charge is 0.433 e. The van der Waals surface area contributed by atoms with Crippen molar-refractivity contribution >= 4 is 23.7 Å². The average Bonchev–Trinajstić information content (AvgIpc) is 3.42. The lowest BCUT2D eigenvalue weighted by atomic mass is 9.95. The van der Waals surface area contributed by atoms with Crippen LogP contribution in [0, 0.1) is 10.1 Å². The summed E-state index contributed by atoms with van der Waals surface area (Å²) >= 11 is 1.43. The van der Waals surface area contributed by atoms with Crippen molar-refractivity contribution < 1.29 is 14.1 Å². The van der Waals surface area contributed by atoms with Crippen LogP contribution >= 0.6 is 11.8 Å². The molecule has 1 fully saturated rings. The molecule has 0 aliphatic heterocycles. The summed E-state index contributed by atoms with van der Waals surface area (Å²) in [5, 5.41) is 22.3. The Hall–Kier alpha value is -3.07. The minimum Gasteiger partial charge on any atom is -0.497 e. The fourth-order valence-electron chi connectivity index (χ4n) is 3.65. The highest BCUT2D eigenvalue weighted by molar-refractivity contribution is 8.02. The van der Waals surface area contributed by atoms with Crippen LogP contribution < -0.4 is 4.74 Å². The Balaban J connectivity index is 1.60. The van der Waals surface area contributed by atoms with Crippen molar-refractivity contribution in [3.63, 3.8) is 0 Å². The molecule has 0 saturated heterocycles. The highest BCUT2D eigenvalue weighted by Gasteiger charge is 2.23. The van der Waals surface area contributed by atoms with Crippen molar-refractivity contribution in [2.24, 2.45) is 0 Å². The zero-order valence-electron chi connectivity index (χ0n) is 16.6. The molecule has 1 aromatic carbocycles. The number of thioether (sulfide) groups is 1. The molecule has 0 bridgehead atoms. The Labute approximate surface area is 178 Å². The number of furan rings is 1. The van der Waals surface area contributed by atoms with E-state index < -0.39 is 4.92 Å². The van der Waals surface area contributed by atoms with E-state index in [0.717, 1.165) is 35.1 Å². The second-order valence-electron chi connectivity index (χ2n) is 7.05. The molecule has 4 rings (SSSR count). The lowest BCUT2D eigenvalue weighted by Gasteiger charge is -2.25. The van der Waals surface area contributed by atoms with Crippen LogP contribution in [-0.2, 0) is 0 Å². The molecule has 1 aliphatic carbocycles. The van der Waals surface area contributed by atoms with Crippen LogP contribution in [0.15, 0.2) is 51.4 Å². The molecule has 1 saturated carbocycles. The van der Waals surface area contributed by atoms with Gasteiger partial charge in [0.2, 0.25) is 0 Å². The van der Waals surface area contributed by atoms with Gasteiger partial charge in [-0.15, -0.1) is 10.2 Å². The number of aromatic nitrogens is 3. The van der Waals surface area contributed by atoms with E-state index in [1.807, 2.05) is 29.7 Å². The third-order valence-electron chi connectivity index (χ3n) is 5.15. The summed E-state index contributed by atoms with van der Waals surface area (Å²) in [5.74, 6) is 1.79. The Bertz CT molecular complexity index is 1040. The summed E-state index contributed by atoms with van der Waals surface area (Å²) in [4.78, 5) is 10.2.